The Morgan fingerprint density at radius 1 is 1.13 bits per heavy atom. The first-order valence-electron chi connectivity index (χ1n) is 10.3. The lowest BCUT2D eigenvalue weighted by Crippen LogP contribution is -2.50. The second-order valence-corrected chi connectivity index (χ2v) is 7.82. The molecule has 0 fully saturated rings. The van der Waals surface area contributed by atoms with E-state index in [9.17, 15) is 14.0 Å². The van der Waals surface area contributed by atoms with E-state index in [2.05, 4.69) is 5.32 Å². The monoisotopic (exact) mass is 414 g/mol. The van der Waals surface area contributed by atoms with Crippen LogP contribution in [0, 0.1) is 18.7 Å². The third kappa shape index (κ3) is 7.17. The Kier molecular flexibility index (Phi) is 8.84. The summed E-state index contributed by atoms with van der Waals surface area (Å²) >= 11 is 0. The van der Waals surface area contributed by atoms with Crippen molar-refractivity contribution in [3.8, 4) is 5.75 Å². The molecule has 1 N–H and O–H groups in total. The summed E-state index contributed by atoms with van der Waals surface area (Å²) in [4.78, 5) is 27.4. The summed E-state index contributed by atoms with van der Waals surface area (Å²) in [6, 6.07) is 12.7. The highest BCUT2D eigenvalue weighted by Gasteiger charge is 2.29. The van der Waals surface area contributed by atoms with Gasteiger partial charge in [0.1, 0.15) is 17.6 Å². The van der Waals surface area contributed by atoms with Crippen LogP contribution >= 0.6 is 0 Å². The van der Waals surface area contributed by atoms with Crippen LogP contribution in [-0.2, 0) is 16.1 Å². The molecule has 0 spiro atoms. The van der Waals surface area contributed by atoms with Gasteiger partial charge in [0.2, 0.25) is 5.91 Å². The molecule has 0 saturated heterocycles. The molecule has 0 radical (unpaired) electrons. The highest BCUT2D eigenvalue weighted by Crippen LogP contribution is 2.16. The van der Waals surface area contributed by atoms with E-state index in [1.54, 1.807) is 18.2 Å². The normalized spacial score (nSPS) is 11.8. The summed E-state index contributed by atoms with van der Waals surface area (Å²) in [6.45, 7) is 8.39. The fraction of sp³-hybridized carbons (Fsp3) is 0.417. The van der Waals surface area contributed by atoms with Crippen molar-refractivity contribution in [2.24, 2.45) is 5.92 Å². The van der Waals surface area contributed by atoms with Gasteiger partial charge in [0.15, 0.2) is 6.61 Å². The lowest BCUT2D eigenvalue weighted by atomic mass is 10.1. The third-order valence-electron chi connectivity index (χ3n) is 4.69. The lowest BCUT2D eigenvalue weighted by molar-refractivity contribution is -0.143. The number of ether oxygens (including phenoxy) is 1. The number of hydrogen-bond donors (Lipinski definition) is 1. The number of carbonyl (C=O) groups excluding carboxylic acids is 2. The van der Waals surface area contributed by atoms with Crippen LogP contribution in [0.3, 0.4) is 0 Å². The summed E-state index contributed by atoms with van der Waals surface area (Å²) in [6.07, 6.45) is 0.460. The molecule has 1 unspecified atom stereocenters. The van der Waals surface area contributed by atoms with Gasteiger partial charge in [-0.1, -0.05) is 45.0 Å². The average molecular weight is 415 g/mol. The van der Waals surface area contributed by atoms with E-state index in [0.29, 0.717) is 24.6 Å². The fourth-order valence-corrected chi connectivity index (χ4v) is 3.06. The van der Waals surface area contributed by atoms with Gasteiger partial charge in [0.05, 0.1) is 0 Å². The molecule has 6 heteroatoms. The van der Waals surface area contributed by atoms with E-state index < -0.39 is 6.04 Å². The van der Waals surface area contributed by atoms with Gasteiger partial charge in [0.25, 0.3) is 5.91 Å². The summed E-state index contributed by atoms with van der Waals surface area (Å²) in [5.74, 6) is 0.0606. The number of hydrogen-bond acceptors (Lipinski definition) is 3. The summed E-state index contributed by atoms with van der Waals surface area (Å²) in [7, 11) is 0. The maximum atomic E-state index is 13.3. The predicted octanol–water partition coefficient (Wildman–Crippen LogP) is 4.09. The Morgan fingerprint density at radius 2 is 1.83 bits per heavy atom. The van der Waals surface area contributed by atoms with Crippen LogP contribution in [0.4, 0.5) is 4.39 Å². The number of nitrogens with zero attached hydrogens (tertiary/aromatic N) is 1. The minimum atomic E-state index is -0.637. The van der Waals surface area contributed by atoms with E-state index in [1.807, 2.05) is 45.9 Å². The third-order valence-corrected chi connectivity index (χ3v) is 4.69. The summed E-state index contributed by atoms with van der Waals surface area (Å²) in [5, 5.41) is 2.91. The highest BCUT2D eigenvalue weighted by atomic mass is 19.1. The van der Waals surface area contributed by atoms with Crippen molar-refractivity contribution in [1.29, 1.82) is 0 Å². The van der Waals surface area contributed by atoms with E-state index in [-0.39, 0.29) is 30.8 Å². The lowest BCUT2D eigenvalue weighted by Gasteiger charge is -2.30. The Bertz CT molecular complexity index is 837. The number of aryl methyl sites for hydroxylation is 1. The van der Waals surface area contributed by atoms with Crippen molar-refractivity contribution < 1.29 is 18.7 Å². The van der Waals surface area contributed by atoms with Crippen LogP contribution < -0.4 is 10.1 Å². The Labute approximate surface area is 178 Å². The van der Waals surface area contributed by atoms with Gasteiger partial charge in [-0.05, 0) is 54.7 Å². The van der Waals surface area contributed by atoms with Gasteiger partial charge in [-0.25, -0.2) is 4.39 Å². The van der Waals surface area contributed by atoms with Crippen LogP contribution in [0.1, 0.15) is 38.3 Å². The Morgan fingerprint density at radius 3 is 2.43 bits per heavy atom. The molecule has 2 amide bonds. The topological polar surface area (TPSA) is 58.6 Å². The summed E-state index contributed by atoms with van der Waals surface area (Å²) in [5.41, 5.74) is 1.78. The fourth-order valence-electron chi connectivity index (χ4n) is 3.06. The van der Waals surface area contributed by atoms with Crippen molar-refractivity contribution in [2.45, 2.75) is 46.7 Å². The first-order valence-corrected chi connectivity index (χ1v) is 10.3. The molecule has 0 aromatic heterocycles. The quantitative estimate of drug-likeness (QED) is 0.637. The van der Waals surface area contributed by atoms with E-state index in [4.69, 9.17) is 4.74 Å². The molecule has 0 aliphatic rings. The van der Waals surface area contributed by atoms with Crippen LogP contribution in [-0.4, -0.2) is 35.9 Å². The van der Waals surface area contributed by atoms with Gasteiger partial charge in [-0.15, -0.1) is 0 Å². The van der Waals surface area contributed by atoms with E-state index in [0.717, 1.165) is 11.1 Å². The average Bonchev–Trinajstić information content (AvgIpc) is 2.71. The second kappa shape index (κ2) is 11.3. The van der Waals surface area contributed by atoms with Gasteiger partial charge < -0.3 is 15.0 Å². The SMILES string of the molecule is CCC(C(=O)NCC(C)C)N(Cc1ccc(F)cc1)C(=O)COc1cccc(C)c1. The molecular weight excluding hydrogens is 383 g/mol. The maximum absolute atomic E-state index is 13.3. The first kappa shape index (κ1) is 23.4. The molecule has 1 atom stereocenters. The molecule has 0 saturated carbocycles. The molecule has 2 aromatic rings. The van der Waals surface area contributed by atoms with Gasteiger partial charge in [-0.3, -0.25) is 9.59 Å². The van der Waals surface area contributed by atoms with Crippen molar-refractivity contribution in [1.82, 2.24) is 10.2 Å². The van der Waals surface area contributed by atoms with Crippen LogP contribution in [0.15, 0.2) is 48.5 Å². The summed E-state index contributed by atoms with van der Waals surface area (Å²) < 4.78 is 19.0. The number of nitrogens with one attached hydrogen (secondary N) is 1. The maximum Gasteiger partial charge on any atom is 0.261 e. The van der Waals surface area contributed by atoms with Crippen molar-refractivity contribution in [3.05, 3.63) is 65.5 Å². The largest absolute Gasteiger partial charge is 0.484 e. The number of amides is 2. The molecule has 2 rings (SSSR count). The Hall–Kier alpha value is -2.89. The number of benzene rings is 2. The number of halogens is 1. The molecule has 0 heterocycles. The first-order chi connectivity index (χ1) is 14.3. The Balaban J connectivity index is 2.18. The van der Waals surface area contributed by atoms with E-state index >= 15 is 0 Å². The number of rotatable bonds is 10. The van der Waals surface area contributed by atoms with Gasteiger partial charge in [0, 0.05) is 13.1 Å². The zero-order chi connectivity index (χ0) is 22.1. The van der Waals surface area contributed by atoms with Crippen molar-refractivity contribution >= 4 is 11.8 Å². The molecule has 0 aliphatic heterocycles. The molecule has 5 nitrogen and oxygen atoms in total. The minimum Gasteiger partial charge on any atom is -0.484 e. The predicted molar refractivity (Wildman–Crippen MR) is 116 cm³/mol. The molecular formula is C24H31FN2O3. The molecule has 0 aliphatic carbocycles. The standard InChI is InChI=1S/C24H31FN2O3/c1-5-22(24(29)26-14-17(2)3)27(15-19-9-11-20(25)12-10-19)23(28)16-30-21-8-6-7-18(4)13-21/h6-13,17,22H,5,14-16H2,1-4H3,(H,26,29). The zero-order valence-electron chi connectivity index (χ0n) is 18.2. The van der Waals surface area contributed by atoms with Crippen LogP contribution in [0.2, 0.25) is 0 Å². The van der Waals surface area contributed by atoms with Crippen molar-refractivity contribution in [2.75, 3.05) is 13.2 Å². The van der Waals surface area contributed by atoms with Gasteiger partial charge in [-0.2, -0.15) is 0 Å². The van der Waals surface area contributed by atoms with E-state index in [1.165, 1.54) is 17.0 Å². The molecule has 2 aromatic carbocycles. The smallest absolute Gasteiger partial charge is 0.261 e. The minimum absolute atomic E-state index is 0.182. The van der Waals surface area contributed by atoms with Crippen LogP contribution in [0.5, 0.6) is 5.75 Å². The molecule has 162 valence electrons. The number of carbonyl (C=O) groups is 2. The molecule has 30 heavy (non-hydrogen) atoms. The second-order valence-electron chi connectivity index (χ2n) is 7.82. The van der Waals surface area contributed by atoms with Gasteiger partial charge >= 0.3 is 0 Å². The highest BCUT2D eigenvalue weighted by molar-refractivity contribution is 5.88. The van der Waals surface area contributed by atoms with Crippen molar-refractivity contribution in [3.63, 3.8) is 0 Å². The zero-order valence-corrected chi connectivity index (χ0v) is 18.2. The van der Waals surface area contributed by atoms with Crippen LogP contribution in [0.25, 0.3) is 0 Å². The molecule has 0 bridgehead atoms.